The number of amides is 1. The molecule has 1 aromatic rings. The molecule has 1 amide bonds. The molecule has 6 heteroatoms. The van der Waals surface area contributed by atoms with Crippen molar-refractivity contribution in [2.75, 3.05) is 6.54 Å². The third-order valence-electron chi connectivity index (χ3n) is 3.71. The van der Waals surface area contributed by atoms with Crippen LogP contribution in [0.4, 0.5) is 0 Å². The fraction of sp³-hybridized carbons (Fsp3) is 0.500. The van der Waals surface area contributed by atoms with Crippen LogP contribution < -0.4 is 10.5 Å². The molecule has 0 heterocycles. The summed E-state index contributed by atoms with van der Waals surface area (Å²) in [6.45, 7) is 0.781. The minimum Gasteiger partial charge on any atom is -0.356 e. The van der Waals surface area contributed by atoms with E-state index in [1.54, 1.807) is 12.1 Å². The molecule has 1 aliphatic rings. The van der Waals surface area contributed by atoms with Crippen LogP contribution in [0.5, 0.6) is 0 Å². The molecule has 3 N–H and O–H groups in total. The second-order valence-corrected chi connectivity index (χ2v) is 6.85. The zero-order valence-corrected chi connectivity index (χ0v) is 12.2. The Hall–Kier alpha value is -1.40. The standard InChI is InChI=1S/C14H20N2O3S/c15-20(18,19)13-7-4-11(5-8-13)6-9-14(17)16-10-12-2-1-3-12/h4-5,7-8,12H,1-3,6,9-10H2,(H,16,17)(H2,15,18,19). The Morgan fingerprint density at radius 3 is 2.40 bits per heavy atom. The van der Waals surface area contributed by atoms with E-state index in [-0.39, 0.29) is 10.8 Å². The molecule has 1 fully saturated rings. The largest absolute Gasteiger partial charge is 0.356 e. The molecule has 110 valence electrons. The van der Waals surface area contributed by atoms with Crippen LogP contribution in [0.25, 0.3) is 0 Å². The number of nitrogens with two attached hydrogens (primary N) is 1. The van der Waals surface area contributed by atoms with Crippen molar-refractivity contribution in [3.05, 3.63) is 29.8 Å². The van der Waals surface area contributed by atoms with Crippen LogP contribution in [0, 0.1) is 5.92 Å². The highest BCUT2D eigenvalue weighted by Gasteiger charge is 2.17. The lowest BCUT2D eigenvalue weighted by atomic mass is 9.85. The SMILES string of the molecule is NS(=O)(=O)c1ccc(CCC(=O)NCC2CCC2)cc1. The van der Waals surface area contributed by atoms with Gasteiger partial charge in [-0.25, -0.2) is 13.6 Å². The molecule has 1 aromatic carbocycles. The first-order valence-corrected chi connectivity index (χ1v) is 8.38. The van der Waals surface area contributed by atoms with Crippen LogP contribution in [0.2, 0.25) is 0 Å². The van der Waals surface area contributed by atoms with Crippen molar-refractivity contribution in [2.45, 2.75) is 37.0 Å². The van der Waals surface area contributed by atoms with E-state index >= 15 is 0 Å². The summed E-state index contributed by atoms with van der Waals surface area (Å²) in [4.78, 5) is 11.8. The third kappa shape index (κ3) is 4.31. The molecular formula is C14H20N2O3S. The Bertz CT molecular complexity index is 563. The topological polar surface area (TPSA) is 89.3 Å². The molecule has 1 saturated carbocycles. The summed E-state index contributed by atoms with van der Waals surface area (Å²) in [5.41, 5.74) is 0.927. The van der Waals surface area contributed by atoms with E-state index in [0.29, 0.717) is 18.8 Å². The second-order valence-electron chi connectivity index (χ2n) is 5.29. The number of hydrogen-bond donors (Lipinski definition) is 2. The van der Waals surface area contributed by atoms with Gasteiger partial charge in [-0.15, -0.1) is 0 Å². The number of primary sulfonamides is 1. The molecular weight excluding hydrogens is 276 g/mol. The molecule has 0 radical (unpaired) electrons. The van der Waals surface area contributed by atoms with E-state index in [4.69, 9.17) is 5.14 Å². The first kappa shape index (κ1) is 15.0. The first-order chi connectivity index (χ1) is 9.45. The predicted molar refractivity (Wildman–Crippen MR) is 76.5 cm³/mol. The van der Waals surface area contributed by atoms with Gasteiger partial charge in [-0.05, 0) is 42.9 Å². The lowest BCUT2D eigenvalue weighted by Crippen LogP contribution is -2.32. The summed E-state index contributed by atoms with van der Waals surface area (Å²) in [6, 6.07) is 6.33. The van der Waals surface area contributed by atoms with E-state index in [0.717, 1.165) is 12.1 Å². The molecule has 0 aromatic heterocycles. The fourth-order valence-corrected chi connectivity index (χ4v) is 2.66. The zero-order chi connectivity index (χ0) is 14.6. The second kappa shape index (κ2) is 6.37. The highest BCUT2D eigenvalue weighted by Crippen LogP contribution is 2.25. The van der Waals surface area contributed by atoms with Gasteiger partial charge in [-0.2, -0.15) is 0 Å². The van der Waals surface area contributed by atoms with Gasteiger partial charge in [-0.1, -0.05) is 18.6 Å². The molecule has 5 nitrogen and oxygen atoms in total. The number of nitrogens with one attached hydrogen (secondary N) is 1. The van der Waals surface area contributed by atoms with Crippen molar-refractivity contribution in [3.63, 3.8) is 0 Å². The maximum absolute atomic E-state index is 11.7. The van der Waals surface area contributed by atoms with E-state index < -0.39 is 10.0 Å². The smallest absolute Gasteiger partial charge is 0.238 e. The number of carbonyl (C=O) groups is 1. The number of sulfonamides is 1. The van der Waals surface area contributed by atoms with Crippen molar-refractivity contribution in [3.8, 4) is 0 Å². The number of carbonyl (C=O) groups excluding carboxylic acids is 1. The molecule has 0 atom stereocenters. The molecule has 0 spiro atoms. The summed E-state index contributed by atoms with van der Waals surface area (Å²) in [6.07, 6.45) is 4.73. The van der Waals surface area contributed by atoms with Crippen molar-refractivity contribution in [1.29, 1.82) is 0 Å². The quantitative estimate of drug-likeness (QED) is 0.826. The number of hydrogen-bond acceptors (Lipinski definition) is 3. The summed E-state index contributed by atoms with van der Waals surface area (Å²) in [7, 11) is -3.64. The van der Waals surface area contributed by atoms with Gasteiger partial charge in [0.15, 0.2) is 0 Å². The molecule has 0 unspecified atom stereocenters. The number of rotatable bonds is 6. The molecule has 20 heavy (non-hydrogen) atoms. The molecule has 2 rings (SSSR count). The summed E-state index contributed by atoms with van der Waals surface area (Å²) in [5, 5.41) is 7.96. The third-order valence-corrected chi connectivity index (χ3v) is 4.63. The van der Waals surface area contributed by atoms with Gasteiger partial charge in [0.25, 0.3) is 0 Å². The predicted octanol–water partition coefficient (Wildman–Crippen LogP) is 1.18. The van der Waals surface area contributed by atoms with Crippen molar-refractivity contribution in [1.82, 2.24) is 5.32 Å². The van der Waals surface area contributed by atoms with Gasteiger partial charge >= 0.3 is 0 Å². The van der Waals surface area contributed by atoms with Crippen LogP contribution in [0.1, 0.15) is 31.2 Å². The van der Waals surface area contributed by atoms with Gasteiger partial charge in [0.05, 0.1) is 4.90 Å². The molecule has 0 aliphatic heterocycles. The van der Waals surface area contributed by atoms with Gasteiger partial charge in [0.1, 0.15) is 0 Å². The Kier molecular flexibility index (Phi) is 4.77. The van der Waals surface area contributed by atoms with Gasteiger partial charge in [0, 0.05) is 13.0 Å². The van der Waals surface area contributed by atoms with Crippen molar-refractivity contribution in [2.24, 2.45) is 11.1 Å². The average Bonchev–Trinajstić information content (AvgIpc) is 2.34. The van der Waals surface area contributed by atoms with Gasteiger partial charge < -0.3 is 5.32 Å². The monoisotopic (exact) mass is 296 g/mol. The average molecular weight is 296 g/mol. The van der Waals surface area contributed by atoms with Crippen molar-refractivity contribution >= 4 is 15.9 Å². The van der Waals surface area contributed by atoms with E-state index in [1.807, 2.05) is 0 Å². The van der Waals surface area contributed by atoms with Crippen LogP contribution in [-0.2, 0) is 21.2 Å². The number of aryl methyl sites for hydroxylation is 1. The molecule has 0 bridgehead atoms. The summed E-state index contributed by atoms with van der Waals surface area (Å²) < 4.78 is 22.2. The maximum atomic E-state index is 11.7. The fourth-order valence-electron chi connectivity index (χ4n) is 2.15. The van der Waals surface area contributed by atoms with Crippen molar-refractivity contribution < 1.29 is 13.2 Å². The summed E-state index contributed by atoms with van der Waals surface area (Å²) in [5.74, 6) is 0.709. The highest BCUT2D eigenvalue weighted by molar-refractivity contribution is 7.89. The lowest BCUT2D eigenvalue weighted by molar-refractivity contribution is -0.121. The number of benzene rings is 1. The van der Waals surface area contributed by atoms with E-state index in [9.17, 15) is 13.2 Å². The maximum Gasteiger partial charge on any atom is 0.238 e. The molecule has 0 saturated heterocycles. The Labute approximate surface area is 119 Å². The van der Waals surface area contributed by atoms with E-state index in [2.05, 4.69) is 5.32 Å². The van der Waals surface area contributed by atoms with Gasteiger partial charge in [0.2, 0.25) is 15.9 Å². The Balaban J connectivity index is 1.77. The zero-order valence-electron chi connectivity index (χ0n) is 11.3. The Morgan fingerprint density at radius 1 is 1.25 bits per heavy atom. The first-order valence-electron chi connectivity index (χ1n) is 6.83. The normalized spacial score (nSPS) is 15.7. The van der Waals surface area contributed by atoms with Crippen LogP contribution in [0.15, 0.2) is 29.2 Å². The van der Waals surface area contributed by atoms with Crippen LogP contribution in [0.3, 0.4) is 0 Å². The van der Waals surface area contributed by atoms with Crippen LogP contribution >= 0.6 is 0 Å². The summed E-state index contributed by atoms with van der Waals surface area (Å²) >= 11 is 0. The lowest BCUT2D eigenvalue weighted by Gasteiger charge is -2.25. The van der Waals surface area contributed by atoms with Gasteiger partial charge in [-0.3, -0.25) is 4.79 Å². The van der Waals surface area contributed by atoms with Crippen LogP contribution in [-0.4, -0.2) is 20.9 Å². The van der Waals surface area contributed by atoms with E-state index in [1.165, 1.54) is 31.4 Å². The molecule has 1 aliphatic carbocycles. The highest BCUT2D eigenvalue weighted by atomic mass is 32.2. The minimum atomic E-state index is -3.64. The Morgan fingerprint density at radius 2 is 1.90 bits per heavy atom. The minimum absolute atomic E-state index is 0.0485.